The van der Waals surface area contributed by atoms with Gasteiger partial charge in [-0.05, 0) is 29.8 Å². The highest BCUT2D eigenvalue weighted by Crippen LogP contribution is 2.21. The average molecular weight is 261 g/mol. The van der Waals surface area contributed by atoms with Crippen LogP contribution in [0.1, 0.15) is 11.5 Å². The van der Waals surface area contributed by atoms with Gasteiger partial charge in [-0.3, -0.25) is 0 Å². The van der Waals surface area contributed by atoms with Crippen LogP contribution in [0.3, 0.4) is 0 Å². The number of nitrogens with two attached hydrogens (primary N) is 1. The molecule has 0 heterocycles. The van der Waals surface area contributed by atoms with E-state index in [1.807, 2.05) is 6.07 Å². The number of rotatable bonds is 5. The van der Waals surface area contributed by atoms with Gasteiger partial charge < -0.3 is 15.6 Å². The number of phenolic OH excluding ortho intramolecular Hbond substituents is 1. The zero-order chi connectivity index (χ0) is 13.7. The SMILES string of the molecule is NCC(COc1cccc(F)c1)c1cccc(O)c1. The lowest BCUT2D eigenvalue weighted by molar-refractivity contribution is 0.289. The summed E-state index contributed by atoms with van der Waals surface area (Å²) in [4.78, 5) is 0. The summed E-state index contributed by atoms with van der Waals surface area (Å²) >= 11 is 0. The zero-order valence-corrected chi connectivity index (χ0v) is 10.4. The first-order valence-corrected chi connectivity index (χ1v) is 6.06. The van der Waals surface area contributed by atoms with Crippen LogP contribution in [0.25, 0.3) is 0 Å². The van der Waals surface area contributed by atoms with E-state index in [1.165, 1.54) is 12.1 Å². The Morgan fingerprint density at radius 2 is 1.95 bits per heavy atom. The van der Waals surface area contributed by atoms with E-state index in [0.29, 0.717) is 18.9 Å². The predicted molar refractivity (Wildman–Crippen MR) is 71.8 cm³/mol. The number of ether oxygens (including phenoxy) is 1. The van der Waals surface area contributed by atoms with Gasteiger partial charge in [-0.15, -0.1) is 0 Å². The van der Waals surface area contributed by atoms with Crippen LogP contribution in [0.15, 0.2) is 48.5 Å². The molecule has 0 bridgehead atoms. The molecule has 0 aliphatic rings. The molecule has 0 saturated carbocycles. The molecule has 0 aromatic heterocycles. The summed E-state index contributed by atoms with van der Waals surface area (Å²) in [6.45, 7) is 0.724. The molecule has 1 unspecified atom stereocenters. The van der Waals surface area contributed by atoms with Crippen molar-refractivity contribution in [1.82, 2.24) is 0 Å². The lowest BCUT2D eigenvalue weighted by Crippen LogP contribution is -2.19. The molecule has 2 aromatic rings. The number of hydrogen-bond acceptors (Lipinski definition) is 3. The molecule has 0 amide bonds. The standard InChI is InChI=1S/C15H16FNO2/c16-13-4-2-6-15(8-13)19-10-12(9-17)11-3-1-5-14(18)7-11/h1-8,12,18H,9-10,17H2. The van der Waals surface area contributed by atoms with Crippen molar-refractivity contribution >= 4 is 0 Å². The third-order valence-electron chi connectivity index (χ3n) is 2.87. The number of benzene rings is 2. The topological polar surface area (TPSA) is 55.5 Å². The van der Waals surface area contributed by atoms with Crippen molar-refractivity contribution in [3.63, 3.8) is 0 Å². The molecule has 100 valence electrons. The van der Waals surface area contributed by atoms with Crippen LogP contribution in [0.4, 0.5) is 4.39 Å². The van der Waals surface area contributed by atoms with E-state index >= 15 is 0 Å². The Morgan fingerprint density at radius 3 is 2.63 bits per heavy atom. The molecule has 0 spiro atoms. The van der Waals surface area contributed by atoms with E-state index in [0.717, 1.165) is 5.56 Å². The zero-order valence-electron chi connectivity index (χ0n) is 10.4. The minimum Gasteiger partial charge on any atom is -0.508 e. The summed E-state index contributed by atoms with van der Waals surface area (Å²) in [7, 11) is 0. The fraction of sp³-hybridized carbons (Fsp3) is 0.200. The molecule has 0 aliphatic carbocycles. The quantitative estimate of drug-likeness (QED) is 0.870. The van der Waals surface area contributed by atoms with E-state index in [4.69, 9.17) is 10.5 Å². The summed E-state index contributed by atoms with van der Waals surface area (Å²) in [5, 5.41) is 9.45. The van der Waals surface area contributed by atoms with Gasteiger partial charge in [-0.2, -0.15) is 0 Å². The summed E-state index contributed by atoms with van der Waals surface area (Å²) in [5.41, 5.74) is 6.61. The molecule has 19 heavy (non-hydrogen) atoms. The highest BCUT2D eigenvalue weighted by atomic mass is 19.1. The highest BCUT2D eigenvalue weighted by Gasteiger charge is 2.11. The maximum absolute atomic E-state index is 13.0. The molecule has 4 heteroatoms. The Morgan fingerprint density at radius 1 is 1.16 bits per heavy atom. The van der Waals surface area contributed by atoms with E-state index in [2.05, 4.69) is 0 Å². The van der Waals surface area contributed by atoms with Gasteiger partial charge in [0, 0.05) is 18.5 Å². The fourth-order valence-corrected chi connectivity index (χ4v) is 1.83. The predicted octanol–water partition coefficient (Wildman–Crippen LogP) is 2.65. The lowest BCUT2D eigenvalue weighted by Gasteiger charge is -2.16. The second-order valence-electron chi connectivity index (χ2n) is 4.30. The summed E-state index contributed by atoms with van der Waals surface area (Å²) in [6.07, 6.45) is 0. The van der Waals surface area contributed by atoms with E-state index < -0.39 is 0 Å². The third kappa shape index (κ3) is 3.69. The van der Waals surface area contributed by atoms with Crippen LogP contribution in [0, 0.1) is 5.82 Å². The van der Waals surface area contributed by atoms with Crippen LogP contribution in [0.2, 0.25) is 0 Å². The van der Waals surface area contributed by atoms with Crippen LogP contribution < -0.4 is 10.5 Å². The van der Waals surface area contributed by atoms with E-state index in [9.17, 15) is 9.50 Å². The number of phenols is 1. The summed E-state index contributed by atoms with van der Waals surface area (Å²) in [5.74, 6) is 0.287. The van der Waals surface area contributed by atoms with Gasteiger partial charge in [0.05, 0.1) is 6.61 Å². The Balaban J connectivity index is 2.04. The highest BCUT2D eigenvalue weighted by molar-refractivity contribution is 5.30. The van der Waals surface area contributed by atoms with Gasteiger partial charge in [-0.25, -0.2) is 4.39 Å². The molecular formula is C15H16FNO2. The Labute approximate surface area is 111 Å². The maximum atomic E-state index is 13.0. The van der Waals surface area contributed by atoms with Crippen LogP contribution >= 0.6 is 0 Å². The molecule has 0 fully saturated rings. The monoisotopic (exact) mass is 261 g/mol. The van der Waals surface area contributed by atoms with E-state index in [1.54, 1.807) is 30.3 Å². The summed E-state index contributed by atoms with van der Waals surface area (Å²) < 4.78 is 18.5. The van der Waals surface area contributed by atoms with Gasteiger partial charge >= 0.3 is 0 Å². The van der Waals surface area contributed by atoms with Crippen molar-refractivity contribution in [2.24, 2.45) is 5.73 Å². The van der Waals surface area contributed by atoms with Gasteiger partial charge in [0.15, 0.2) is 0 Å². The molecule has 0 aliphatic heterocycles. The van der Waals surface area contributed by atoms with E-state index in [-0.39, 0.29) is 17.5 Å². The minimum atomic E-state index is -0.334. The minimum absolute atomic E-state index is 0.0460. The fourth-order valence-electron chi connectivity index (χ4n) is 1.83. The molecular weight excluding hydrogens is 245 g/mol. The van der Waals surface area contributed by atoms with Gasteiger partial charge in [0.1, 0.15) is 17.3 Å². The van der Waals surface area contributed by atoms with Crippen molar-refractivity contribution in [3.05, 3.63) is 59.9 Å². The van der Waals surface area contributed by atoms with Crippen molar-refractivity contribution in [3.8, 4) is 11.5 Å². The van der Waals surface area contributed by atoms with Crippen molar-refractivity contribution in [1.29, 1.82) is 0 Å². The second kappa shape index (κ2) is 6.20. The lowest BCUT2D eigenvalue weighted by atomic mass is 10.00. The molecule has 2 rings (SSSR count). The van der Waals surface area contributed by atoms with Gasteiger partial charge in [0.2, 0.25) is 0 Å². The first kappa shape index (κ1) is 13.4. The first-order chi connectivity index (χ1) is 9.19. The van der Waals surface area contributed by atoms with Crippen LogP contribution in [0.5, 0.6) is 11.5 Å². The Hall–Kier alpha value is -2.07. The largest absolute Gasteiger partial charge is 0.508 e. The number of hydrogen-bond donors (Lipinski definition) is 2. The second-order valence-corrected chi connectivity index (χ2v) is 4.30. The molecule has 0 radical (unpaired) electrons. The van der Waals surface area contributed by atoms with Crippen LogP contribution in [-0.2, 0) is 0 Å². The Kier molecular flexibility index (Phi) is 4.36. The van der Waals surface area contributed by atoms with Crippen molar-refractivity contribution < 1.29 is 14.2 Å². The number of aromatic hydroxyl groups is 1. The Bertz CT molecular complexity index is 545. The first-order valence-electron chi connectivity index (χ1n) is 6.06. The van der Waals surface area contributed by atoms with Gasteiger partial charge in [0.25, 0.3) is 0 Å². The van der Waals surface area contributed by atoms with Crippen molar-refractivity contribution in [2.75, 3.05) is 13.2 Å². The normalized spacial score (nSPS) is 12.1. The van der Waals surface area contributed by atoms with Crippen molar-refractivity contribution in [2.45, 2.75) is 5.92 Å². The number of halogens is 1. The molecule has 2 aromatic carbocycles. The summed E-state index contributed by atoms with van der Waals surface area (Å²) in [6, 6.07) is 12.9. The molecule has 3 nitrogen and oxygen atoms in total. The average Bonchev–Trinajstić information content (AvgIpc) is 2.40. The molecule has 3 N–H and O–H groups in total. The maximum Gasteiger partial charge on any atom is 0.126 e. The molecule has 0 saturated heterocycles. The molecule has 1 atom stereocenters. The smallest absolute Gasteiger partial charge is 0.126 e. The third-order valence-corrected chi connectivity index (χ3v) is 2.87. The van der Waals surface area contributed by atoms with Crippen LogP contribution in [-0.4, -0.2) is 18.3 Å². The van der Waals surface area contributed by atoms with Gasteiger partial charge in [-0.1, -0.05) is 18.2 Å².